The summed E-state index contributed by atoms with van der Waals surface area (Å²) in [5.41, 5.74) is 0. The molecular weight excluding hydrogens is 171 g/mol. The predicted molar refractivity (Wildman–Crippen MR) is 27.0 cm³/mol. The molecule has 66 valence electrons. The molecule has 0 amide bonds. The van der Waals surface area contributed by atoms with Gasteiger partial charge in [0.05, 0.1) is 0 Å². The summed E-state index contributed by atoms with van der Waals surface area (Å²) in [6.45, 7) is -1.05. The van der Waals surface area contributed by atoms with Gasteiger partial charge in [0.25, 0.3) is 0 Å². The molecule has 0 rings (SSSR count). The highest BCUT2D eigenvalue weighted by atomic mass is 19.3. The standard InChI is InChI=1S/C5H5F5O/c6-3(4(7)8)5(9,10)1-2-11/h11H,1-2H2. The maximum atomic E-state index is 12.0. The third kappa shape index (κ3) is 2.83. The van der Waals surface area contributed by atoms with Crippen molar-refractivity contribution in [3.05, 3.63) is 11.9 Å². The number of allylic oxidation sites excluding steroid dienone is 1. The molecular formula is C5H5F5O. The lowest BCUT2D eigenvalue weighted by Gasteiger charge is -2.10. The largest absolute Gasteiger partial charge is 0.396 e. The average Bonchev–Trinajstić information content (AvgIpc) is 1.86. The molecule has 0 aliphatic carbocycles. The number of halogens is 5. The number of hydrogen-bond donors (Lipinski definition) is 1. The highest BCUT2D eigenvalue weighted by Crippen LogP contribution is 2.31. The van der Waals surface area contributed by atoms with Crippen LogP contribution in [-0.4, -0.2) is 17.6 Å². The van der Waals surface area contributed by atoms with Crippen molar-refractivity contribution in [2.75, 3.05) is 6.61 Å². The molecule has 0 unspecified atom stereocenters. The van der Waals surface area contributed by atoms with Gasteiger partial charge in [0.1, 0.15) is 0 Å². The molecule has 0 aliphatic heterocycles. The summed E-state index contributed by atoms with van der Waals surface area (Å²) in [7, 11) is 0. The fourth-order valence-electron chi connectivity index (χ4n) is 0.388. The Balaban J connectivity index is 4.42. The van der Waals surface area contributed by atoms with E-state index < -0.39 is 30.9 Å². The highest BCUT2D eigenvalue weighted by molar-refractivity contribution is 5.04. The summed E-state index contributed by atoms with van der Waals surface area (Å²) >= 11 is 0. The zero-order chi connectivity index (χ0) is 9.07. The quantitative estimate of drug-likeness (QED) is 0.652. The minimum absolute atomic E-state index is 1.05. The van der Waals surface area contributed by atoms with Gasteiger partial charge in [0.2, 0.25) is 5.83 Å². The fourth-order valence-corrected chi connectivity index (χ4v) is 0.388. The second-order valence-electron chi connectivity index (χ2n) is 1.75. The van der Waals surface area contributed by atoms with Crippen LogP contribution in [0.15, 0.2) is 11.9 Å². The summed E-state index contributed by atoms with van der Waals surface area (Å²) in [5, 5.41) is 7.92. The third-order valence-electron chi connectivity index (χ3n) is 0.913. The van der Waals surface area contributed by atoms with Crippen LogP contribution < -0.4 is 0 Å². The maximum Gasteiger partial charge on any atom is 0.307 e. The van der Waals surface area contributed by atoms with E-state index in [-0.39, 0.29) is 0 Å². The van der Waals surface area contributed by atoms with Gasteiger partial charge >= 0.3 is 12.0 Å². The Bertz CT molecular complexity index is 160. The first-order valence-corrected chi connectivity index (χ1v) is 2.61. The minimum Gasteiger partial charge on any atom is -0.396 e. The zero-order valence-corrected chi connectivity index (χ0v) is 5.25. The number of aliphatic hydroxyl groups excluding tert-OH is 1. The van der Waals surface area contributed by atoms with E-state index in [1.165, 1.54) is 0 Å². The molecule has 1 N–H and O–H groups in total. The molecule has 6 heteroatoms. The van der Waals surface area contributed by atoms with Crippen LogP contribution in [0.5, 0.6) is 0 Å². The van der Waals surface area contributed by atoms with Crippen LogP contribution in [-0.2, 0) is 0 Å². The SMILES string of the molecule is OCCC(F)(F)C(F)=C(F)F. The Kier molecular flexibility index (Phi) is 3.44. The van der Waals surface area contributed by atoms with E-state index in [1.807, 2.05) is 0 Å². The fraction of sp³-hybridized carbons (Fsp3) is 0.600. The van der Waals surface area contributed by atoms with Crippen LogP contribution in [0.2, 0.25) is 0 Å². The van der Waals surface area contributed by atoms with Crippen molar-refractivity contribution in [3.63, 3.8) is 0 Å². The monoisotopic (exact) mass is 176 g/mol. The summed E-state index contributed by atoms with van der Waals surface area (Å²) in [6.07, 6.45) is -4.39. The lowest BCUT2D eigenvalue weighted by Crippen LogP contribution is -2.19. The van der Waals surface area contributed by atoms with Gasteiger partial charge in [-0.3, -0.25) is 0 Å². The first-order chi connectivity index (χ1) is 4.91. The van der Waals surface area contributed by atoms with E-state index in [0.29, 0.717) is 0 Å². The lowest BCUT2D eigenvalue weighted by molar-refractivity contribution is -0.0110. The Morgan fingerprint density at radius 1 is 1.18 bits per heavy atom. The van der Waals surface area contributed by atoms with E-state index in [2.05, 4.69) is 0 Å². The first-order valence-electron chi connectivity index (χ1n) is 2.61. The number of alkyl halides is 2. The van der Waals surface area contributed by atoms with E-state index in [4.69, 9.17) is 5.11 Å². The van der Waals surface area contributed by atoms with Gasteiger partial charge in [-0.1, -0.05) is 0 Å². The van der Waals surface area contributed by atoms with Crippen molar-refractivity contribution < 1.29 is 27.1 Å². The normalized spacial score (nSPS) is 11.5. The molecule has 0 atom stereocenters. The smallest absolute Gasteiger partial charge is 0.307 e. The van der Waals surface area contributed by atoms with Crippen LogP contribution in [0.25, 0.3) is 0 Å². The number of aliphatic hydroxyl groups is 1. The number of hydrogen-bond acceptors (Lipinski definition) is 1. The molecule has 0 aromatic carbocycles. The molecule has 0 spiro atoms. The summed E-state index contributed by atoms with van der Waals surface area (Å²) in [6, 6.07) is 0. The van der Waals surface area contributed by atoms with E-state index in [0.717, 1.165) is 0 Å². The average molecular weight is 176 g/mol. The van der Waals surface area contributed by atoms with Crippen molar-refractivity contribution in [1.82, 2.24) is 0 Å². The van der Waals surface area contributed by atoms with Crippen molar-refractivity contribution in [2.45, 2.75) is 12.3 Å². The van der Waals surface area contributed by atoms with Gasteiger partial charge < -0.3 is 5.11 Å². The van der Waals surface area contributed by atoms with Crippen molar-refractivity contribution in [1.29, 1.82) is 0 Å². The van der Waals surface area contributed by atoms with Gasteiger partial charge in [0.15, 0.2) is 0 Å². The molecule has 0 aliphatic rings. The lowest BCUT2D eigenvalue weighted by atomic mass is 10.2. The molecule has 0 aromatic heterocycles. The zero-order valence-electron chi connectivity index (χ0n) is 5.25. The van der Waals surface area contributed by atoms with E-state index in [9.17, 15) is 22.0 Å². The van der Waals surface area contributed by atoms with Crippen molar-refractivity contribution in [2.24, 2.45) is 0 Å². The Morgan fingerprint density at radius 2 is 1.64 bits per heavy atom. The predicted octanol–water partition coefficient (Wildman–Crippen LogP) is 2.08. The summed E-state index contributed by atoms with van der Waals surface area (Å²) in [5.74, 6) is -7.03. The first kappa shape index (κ1) is 10.3. The maximum absolute atomic E-state index is 12.0. The Labute approximate surface area is 59.1 Å². The summed E-state index contributed by atoms with van der Waals surface area (Å²) < 4.78 is 58.1. The molecule has 0 radical (unpaired) electrons. The van der Waals surface area contributed by atoms with Crippen LogP contribution in [0.3, 0.4) is 0 Å². The molecule has 0 saturated carbocycles. The molecule has 1 nitrogen and oxygen atoms in total. The van der Waals surface area contributed by atoms with Crippen LogP contribution in [0, 0.1) is 0 Å². The van der Waals surface area contributed by atoms with Crippen molar-refractivity contribution in [3.8, 4) is 0 Å². The van der Waals surface area contributed by atoms with Crippen molar-refractivity contribution >= 4 is 0 Å². The Morgan fingerprint density at radius 3 is 1.91 bits per heavy atom. The minimum atomic E-state index is -4.26. The second-order valence-corrected chi connectivity index (χ2v) is 1.75. The van der Waals surface area contributed by atoms with Gasteiger partial charge in [0, 0.05) is 13.0 Å². The van der Waals surface area contributed by atoms with E-state index in [1.54, 1.807) is 0 Å². The van der Waals surface area contributed by atoms with Crippen LogP contribution in [0.4, 0.5) is 22.0 Å². The van der Waals surface area contributed by atoms with Crippen LogP contribution >= 0.6 is 0 Å². The number of rotatable bonds is 3. The van der Waals surface area contributed by atoms with Gasteiger partial charge in [-0.05, 0) is 0 Å². The molecule has 0 bridgehead atoms. The van der Waals surface area contributed by atoms with Gasteiger partial charge in [-0.15, -0.1) is 0 Å². The second kappa shape index (κ2) is 3.66. The van der Waals surface area contributed by atoms with E-state index >= 15 is 0 Å². The highest BCUT2D eigenvalue weighted by Gasteiger charge is 2.38. The molecule has 0 fully saturated rings. The molecule has 11 heavy (non-hydrogen) atoms. The van der Waals surface area contributed by atoms with Gasteiger partial charge in [-0.25, -0.2) is 0 Å². The van der Waals surface area contributed by atoms with Crippen LogP contribution in [0.1, 0.15) is 6.42 Å². The summed E-state index contributed by atoms with van der Waals surface area (Å²) in [4.78, 5) is 0. The molecule has 0 heterocycles. The Hall–Kier alpha value is -0.650. The molecule has 0 saturated heterocycles. The van der Waals surface area contributed by atoms with Gasteiger partial charge in [-0.2, -0.15) is 22.0 Å². The third-order valence-corrected chi connectivity index (χ3v) is 0.913. The molecule has 0 aromatic rings. The topological polar surface area (TPSA) is 20.2 Å².